The summed E-state index contributed by atoms with van der Waals surface area (Å²) >= 11 is 0. The van der Waals surface area contributed by atoms with Gasteiger partial charge in [0.25, 0.3) is 0 Å². The Bertz CT molecular complexity index is 430. The Morgan fingerprint density at radius 3 is 2.95 bits per heavy atom. The summed E-state index contributed by atoms with van der Waals surface area (Å²) in [5.74, 6) is 1.42. The summed E-state index contributed by atoms with van der Waals surface area (Å²) in [5.41, 5.74) is -0.105. The Morgan fingerprint density at radius 2 is 2.25 bits per heavy atom. The summed E-state index contributed by atoms with van der Waals surface area (Å²) in [5, 5.41) is 9.79. The summed E-state index contributed by atoms with van der Waals surface area (Å²) in [6.45, 7) is 2.57. The predicted molar refractivity (Wildman–Crippen MR) is 76.0 cm³/mol. The molecule has 0 radical (unpaired) electrons. The van der Waals surface area contributed by atoms with Gasteiger partial charge >= 0.3 is 0 Å². The van der Waals surface area contributed by atoms with Crippen LogP contribution in [0.5, 0.6) is 5.88 Å². The second-order valence-corrected chi connectivity index (χ2v) is 5.34. The molecule has 0 aliphatic carbocycles. The maximum atomic E-state index is 9.79. The van der Waals surface area contributed by atoms with Crippen LogP contribution in [0.1, 0.15) is 19.3 Å². The molecule has 112 valence electrons. The van der Waals surface area contributed by atoms with Gasteiger partial charge in [-0.3, -0.25) is 0 Å². The van der Waals surface area contributed by atoms with Gasteiger partial charge in [-0.2, -0.15) is 0 Å². The fourth-order valence-electron chi connectivity index (χ4n) is 2.75. The van der Waals surface area contributed by atoms with Crippen LogP contribution in [0, 0.1) is 5.41 Å². The number of hydrogen-bond acceptors (Lipinski definition) is 6. The first-order chi connectivity index (χ1) is 9.73. The van der Waals surface area contributed by atoms with Crippen LogP contribution in [-0.4, -0.2) is 55.6 Å². The number of hydrogen-bond donors (Lipinski definition) is 1. The molecule has 1 aliphatic rings. The molecule has 1 N–H and O–H groups in total. The minimum absolute atomic E-state index is 0.105. The average molecular weight is 281 g/mol. The van der Waals surface area contributed by atoms with E-state index in [1.165, 1.54) is 6.33 Å². The van der Waals surface area contributed by atoms with Gasteiger partial charge in [0.05, 0.1) is 13.7 Å². The van der Waals surface area contributed by atoms with Crippen molar-refractivity contribution in [3.63, 3.8) is 0 Å². The van der Waals surface area contributed by atoms with Gasteiger partial charge < -0.3 is 19.5 Å². The molecule has 1 atom stereocenters. The van der Waals surface area contributed by atoms with Gasteiger partial charge in [0.15, 0.2) is 0 Å². The number of aliphatic hydroxyl groups is 1. The van der Waals surface area contributed by atoms with Crippen LogP contribution in [0.25, 0.3) is 0 Å². The van der Waals surface area contributed by atoms with E-state index in [0.29, 0.717) is 12.5 Å². The standard InChI is InChI=1S/C14H23N3O3/c1-19-7-5-14(10-18)4-3-6-17(9-14)12-8-13(20-2)16-11-15-12/h8,11,18H,3-7,9-10H2,1-2H3. The topological polar surface area (TPSA) is 67.7 Å². The Labute approximate surface area is 119 Å². The fraction of sp³-hybridized carbons (Fsp3) is 0.714. The van der Waals surface area contributed by atoms with Gasteiger partial charge in [-0.05, 0) is 19.3 Å². The molecule has 0 amide bonds. The minimum Gasteiger partial charge on any atom is -0.481 e. The molecule has 2 heterocycles. The number of aromatic nitrogens is 2. The second kappa shape index (κ2) is 6.85. The molecule has 0 aromatic carbocycles. The smallest absolute Gasteiger partial charge is 0.218 e. The summed E-state index contributed by atoms with van der Waals surface area (Å²) in [4.78, 5) is 10.5. The summed E-state index contributed by atoms with van der Waals surface area (Å²) in [7, 11) is 3.29. The number of methoxy groups -OCH3 is 2. The van der Waals surface area contributed by atoms with Crippen LogP contribution >= 0.6 is 0 Å². The minimum atomic E-state index is -0.105. The summed E-state index contributed by atoms with van der Waals surface area (Å²) < 4.78 is 10.3. The van der Waals surface area contributed by atoms with E-state index >= 15 is 0 Å². The molecule has 0 bridgehead atoms. The van der Waals surface area contributed by atoms with Crippen molar-refractivity contribution in [3.05, 3.63) is 12.4 Å². The molecular weight excluding hydrogens is 258 g/mol. The number of anilines is 1. The van der Waals surface area contributed by atoms with Gasteiger partial charge in [-0.15, -0.1) is 0 Å². The van der Waals surface area contributed by atoms with Crippen molar-refractivity contribution in [2.24, 2.45) is 5.41 Å². The van der Waals surface area contributed by atoms with Gasteiger partial charge in [-0.25, -0.2) is 9.97 Å². The molecule has 6 heteroatoms. The molecule has 20 heavy (non-hydrogen) atoms. The molecule has 6 nitrogen and oxygen atoms in total. The lowest BCUT2D eigenvalue weighted by Crippen LogP contribution is -2.46. The van der Waals surface area contributed by atoms with Crippen LogP contribution < -0.4 is 9.64 Å². The predicted octanol–water partition coefficient (Wildman–Crippen LogP) is 1.10. The zero-order chi connectivity index (χ0) is 14.4. The highest BCUT2D eigenvalue weighted by Crippen LogP contribution is 2.35. The van der Waals surface area contributed by atoms with Crippen molar-refractivity contribution in [1.29, 1.82) is 0 Å². The highest BCUT2D eigenvalue weighted by atomic mass is 16.5. The molecule has 1 aliphatic heterocycles. The third-order valence-corrected chi connectivity index (χ3v) is 3.99. The van der Waals surface area contributed by atoms with Crippen LogP contribution in [0.2, 0.25) is 0 Å². The van der Waals surface area contributed by atoms with E-state index in [1.54, 1.807) is 14.2 Å². The van der Waals surface area contributed by atoms with Crippen LogP contribution in [0.3, 0.4) is 0 Å². The lowest BCUT2D eigenvalue weighted by molar-refractivity contribution is 0.0624. The normalized spacial score (nSPS) is 22.9. The van der Waals surface area contributed by atoms with Crippen molar-refractivity contribution < 1.29 is 14.6 Å². The van der Waals surface area contributed by atoms with E-state index in [4.69, 9.17) is 9.47 Å². The van der Waals surface area contributed by atoms with Crippen molar-refractivity contribution in [1.82, 2.24) is 9.97 Å². The van der Waals surface area contributed by atoms with E-state index in [1.807, 2.05) is 6.07 Å². The first-order valence-electron chi connectivity index (χ1n) is 6.94. The maximum absolute atomic E-state index is 9.79. The molecule has 1 unspecified atom stereocenters. The van der Waals surface area contributed by atoms with Crippen molar-refractivity contribution >= 4 is 5.82 Å². The first kappa shape index (κ1) is 15.0. The first-order valence-corrected chi connectivity index (χ1v) is 6.94. The number of aliphatic hydroxyl groups excluding tert-OH is 1. The zero-order valence-electron chi connectivity index (χ0n) is 12.2. The molecule has 2 rings (SSSR count). The Morgan fingerprint density at radius 1 is 1.40 bits per heavy atom. The van der Waals surface area contributed by atoms with E-state index in [2.05, 4.69) is 14.9 Å². The number of ether oxygens (including phenoxy) is 2. The van der Waals surface area contributed by atoms with E-state index in [-0.39, 0.29) is 12.0 Å². The monoisotopic (exact) mass is 281 g/mol. The third kappa shape index (κ3) is 3.37. The molecular formula is C14H23N3O3. The summed E-state index contributed by atoms with van der Waals surface area (Å²) in [6, 6.07) is 1.84. The fourth-order valence-corrected chi connectivity index (χ4v) is 2.75. The number of rotatable bonds is 6. The second-order valence-electron chi connectivity index (χ2n) is 5.34. The number of piperidine rings is 1. The van der Waals surface area contributed by atoms with Gasteiger partial charge in [0.1, 0.15) is 12.1 Å². The van der Waals surface area contributed by atoms with Gasteiger partial charge in [0.2, 0.25) is 5.88 Å². The van der Waals surface area contributed by atoms with E-state index < -0.39 is 0 Å². The van der Waals surface area contributed by atoms with E-state index in [0.717, 1.165) is 38.2 Å². The molecule has 1 aromatic rings. The quantitative estimate of drug-likeness (QED) is 0.842. The Balaban J connectivity index is 2.12. The third-order valence-electron chi connectivity index (χ3n) is 3.99. The van der Waals surface area contributed by atoms with Crippen molar-refractivity contribution in [3.8, 4) is 5.88 Å². The van der Waals surface area contributed by atoms with Crippen LogP contribution in [0.15, 0.2) is 12.4 Å². The maximum Gasteiger partial charge on any atom is 0.218 e. The van der Waals surface area contributed by atoms with E-state index in [9.17, 15) is 5.11 Å². The van der Waals surface area contributed by atoms with Gasteiger partial charge in [-0.1, -0.05) is 0 Å². The Kier molecular flexibility index (Phi) is 5.14. The molecule has 1 saturated heterocycles. The van der Waals surface area contributed by atoms with Crippen molar-refractivity contribution in [2.75, 3.05) is 45.4 Å². The lowest BCUT2D eigenvalue weighted by Gasteiger charge is -2.42. The number of nitrogens with zero attached hydrogens (tertiary/aromatic N) is 3. The molecule has 0 spiro atoms. The Hall–Kier alpha value is -1.40. The van der Waals surface area contributed by atoms with Gasteiger partial charge in [0, 0.05) is 38.3 Å². The van der Waals surface area contributed by atoms with Crippen molar-refractivity contribution in [2.45, 2.75) is 19.3 Å². The lowest BCUT2D eigenvalue weighted by atomic mass is 9.78. The molecule has 0 saturated carbocycles. The molecule has 1 aromatic heterocycles. The largest absolute Gasteiger partial charge is 0.481 e. The highest BCUT2D eigenvalue weighted by Gasteiger charge is 2.35. The SMILES string of the molecule is COCCC1(CO)CCCN(c2cc(OC)ncn2)C1. The van der Waals surface area contributed by atoms with Crippen LogP contribution in [0.4, 0.5) is 5.82 Å². The highest BCUT2D eigenvalue weighted by molar-refractivity contribution is 5.41. The summed E-state index contributed by atoms with van der Waals surface area (Å²) in [6.07, 6.45) is 4.43. The van der Waals surface area contributed by atoms with Crippen LogP contribution in [-0.2, 0) is 4.74 Å². The average Bonchev–Trinajstić information content (AvgIpc) is 2.53. The molecule has 1 fully saturated rings. The zero-order valence-corrected chi connectivity index (χ0v) is 12.2.